The van der Waals surface area contributed by atoms with Crippen LogP contribution >= 0.6 is 8.58 Å². The van der Waals surface area contributed by atoms with Gasteiger partial charge in [-0.2, -0.15) is 0 Å². The van der Waals surface area contributed by atoms with Crippen molar-refractivity contribution in [1.29, 1.82) is 0 Å². The number of ether oxygens (including phenoxy) is 2. The first kappa shape index (κ1) is 18.9. The van der Waals surface area contributed by atoms with Crippen LogP contribution in [-0.4, -0.2) is 13.9 Å². The molecule has 2 atom stereocenters. The lowest BCUT2D eigenvalue weighted by Gasteiger charge is -2.31. The number of hydrogen-bond acceptors (Lipinski definition) is 2. The zero-order valence-corrected chi connectivity index (χ0v) is 16.1. The van der Waals surface area contributed by atoms with Gasteiger partial charge in [0.2, 0.25) is 0 Å². The molecule has 0 N–H and O–H groups in total. The Kier molecular flexibility index (Phi) is 6.37. The SMILES string of the molecule is CCC(C)(Pc1ccc(C)cc1F)c1cccc(C)c1OCOC. The van der Waals surface area contributed by atoms with Crippen LogP contribution in [0.25, 0.3) is 0 Å². The second-order valence-corrected chi connectivity index (χ2v) is 8.19. The molecule has 130 valence electrons. The van der Waals surface area contributed by atoms with Gasteiger partial charge in [-0.15, -0.1) is 0 Å². The third-order valence-electron chi connectivity index (χ3n) is 4.37. The summed E-state index contributed by atoms with van der Waals surface area (Å²) in [6, 6.07) is 11.6. The van der Waals surface area contributed by atoms with Crippen molar-refractivity contribution in [1.82, 2.24) is 0 Å². The summed E-state index contributed by atoms with van der Waals surface area (Å²) in [5.74, 6) is 0.726. The van der Waals surface area contributed by atoms with Crippen molar-refractivity contribution in [2.24, 2.45) is 0 Å². The van der Waals surface area contributed by atoms with E-state index in [2.05, 4.69) is 19.9 Å². The zero-order chi connectivity index (χ0) is 17.7. The summed E-state index contributed by atoms with van der Waals surface area (Å²) in [6.07, 6.45) is 0.894. The minimum atomic E-state index is -0.189. The third-order valence-corrected chi connectivity index (χ3v) is 6.22. The molecule has 0 aliphatic heterocycles. The van der Waals surface area contributed by atoms with Crippen LogP contribution in [0, 0.1) is 19.7 Å². The third kappa shape index (κ3) is 4.15. The van der Waals surface area contributed by atoms with Gasteiger partial charge in [-0.25, -0.2) is 4.39 Å². The Labute approximate surface area is 146 Å². The van der Waals surface area contributed by atoms with E-state index in [1.54, 1.807) is 13.2 Å². The molecule has 2 unspecified atom stereocenters. The predicted octanol–water partition coefficient (Wildman–Crippen LogP) is 5.05. The molecule has 0 aromatic heterocycles. The minimum absolute atomic E-state index is 0.125. The first-order chi connectivity index (χ1) is 11.4. The zero-order valence-electron chi connectivity index (χ0n) is 15.1. The lowest BCUT2D eigenvalue weighted by atomic mass is 9.94. The van der Waals surface area contributed by atoms with Crippen molar-refractivity contribution in [2.45, 2.75) is 39.3 Å². The highest BCUT2D eigenvalue weighted by Crippen LogP contribution is 2.48. The van der Waals surface area contributed by atoms with E-state index in [1.165, 1.54) is 0 Å². The summed E-state index contributed by atoms with van der Waals surface area (Å²) in [7, 11) is 1.93. The molecular formula is C20H26FO2P. The van der Waals surface area contributed by atoms with Gasteiger partial charge < -0.3 is 9.47 Å². The highest BCUT2D eigenvalue weighted by atomic mass is 31.1. The predicted molar refractivity (Wildman–Crippen MR) is 100 cm³/mol. The Bertz CT molecular complexity index is 702. The van der Waals surface area contributed by atoms with E-state index < -0.39 is 0 Å². The second kappa shape index (κ2) is 8.09. The van der Waals surface area contributed by atoms with Crippen LogP contribution in [0.5, 0.6) is 5.75 Å². The average Bonchev–Trinajstić information content (AvgIpc) is 2.56. The number of halogens is 1. The Morgan fingerprint density at radius 2 is 1.92 bits per heavy atom. The van der Waals surface area contributed by atoms with Crippen LogP contribution in [0.3, 0.4) is 0 Å². The molecule has 0 aliphatic rings. The molecule has 0 fully saturated rings. The van der Waals surface area contributed by atoms with Crippen LogP contribution in [0.2, 0.25) is 0 Å². The molecule has 0 spiro atoms. The van der Waals surface area contributed by atoms with Crippen molar-refractivity contribution >= 4 is 13.9 Å². The molecule has 2 nitrogen and oxygen atoms in total. The van der Waals surface area contributed by atoms with E-state index in [0.29, 0.717) is 8.58 Å². The van der Waals surface area contributed by atoms with E-state index in [-0.39, 0.29) is 17.8 Å². The minimum Gasteiger partial charge on any atom is -0.467 e. The maximum Gasteiger partial charge on any atom is 0.188 e. The summed E-state index contributed by atoms with van der Waals surface area (Å²) < 4.78 is 25.3. The number of hydrogen-bond donors (Lipinski definition) is 0. The summed E-state index contributed by atoms with van der Waals surface area (Å²) in [5, 5.41) is 0.578. The van der Waals surface area contributed by atoms with Crippen LogP contribution in [0.4, 0.5) is 4.39 Å². The number of para-hydroxylation sites is 1. The molecule has 0 saturated carbocycles. The van der Waals surface area contributed by atoms with Gasteiger partial charge in [-0.05, 0) is 37.5 Å². The molecule has 4 heteroatoms. The first-order valence-electron chi connectivity index (χ1n) is 8.17. The van der Waals surface area contributed by atoms with Crippen molar-refractivity contribution in [3.63, 3.8) is 0 Å². The number of rotatable bonds is 7. The Balaban J connectivity index is 2.44. The van der Waals surface area contributed by atoms with E-state index in [9.17, 15) is 4.39 Å². The standard InChI is InChI=1S/C20H26FO2P/c1-6-20(4,24-18-11-10-14(2)12-17(18)21)16-9-7-8-15(3)19(16)23-13-22-5/h7-12,24H,6,13H2,1-5H3. The highest BCUT2D eigenvalue weighted by molar-refractivity contribution is 7.48. The van der Waals surface area contributed by atoms with Gasteiger partial charge in [0.05, 0.1) is 0 Å². The lowest BCUT2D eigenvalue weighted by molar-refractivity contribution is 0.0495. The molecule has 0 amide bonds. The largest absolute Gasteiger partial charge is 0.467 e. The molecule has 0 heterocycles. The molecule has 0 saturated heterocycles. The fraction of sp³-hybridized carbons (Fsp3) is 0.400. The van der Waals surface area contributed by atoms with E-state index in [0.717, 1.165) is 34.2 Å². The maximum absolute atomic E-state index is 14.4. The van der Waals surface area contributed by atoms with Gasteiger partial charge >= 0.3 is 0 Å². The maximum atomic E-state index is 14.4. The normalized spacial score (nSPS) is 14.1. The molecule has 2 aromatic rings. The average molecular weight is 348 g/mol. The lowest BCUT2D eigenvalue weighted by Crippen LogP contribution is -2.21. The fourth-order valence-electron chi connectivity index (χ4n) is 2.76. The quantitative estimate of drug-likeness (QED) is 0.515. The van der Waals surface area contributed by atoms with Gasteiger partial charge in [-0.3, -0.25) is 0 Å². The summed E-state index contributed by atoms with van der Waals surface area (Å²) in [5.41, 5.74) is 3.12. The molecule has 24 heavy (non-hydrogen) atoms. The molecule has 0 bridgehead atoms. The van der Waals surface area contributed by atoms with E-state index >= 15 is 0 Å². The summed E-state index contributed by atoms with van der Waals surface area (Å²) in [4.78, 5) is 0. The second-order valence-electron chi connectivity index (χ2n) is 6.30. The van der Waals surface area contributed by atoms with Crippen molar-refractivity contribution in [3.05, 3.63) is 58.9 Å². The number of aryl methyl sites for hydroxylation is 2. The Morgan fingerprint density at radius 1 is 1.17 bits per heavy atom. The smallest absolute Gasteiger partial charge is 0.188 e. The topological polar surface area (TPSA) is 18.5 Å². The fourth-order valence-corrected chi connectivity index (χ4v) is 4.22. The van der Waals surface area contributed by atoms with Crippen molar-refractivity contribution in [3.8, 4) is 5.75 Å². The van der Waals surface area contributed by atoms with Gasteiger partial charge in [0.15, 0.2) is 6.79 Å². The summed E-state index contributed by atoms with van der Waals surface area (Å²) >= 11 is 0. The van der Waals surface area contributed by atoms with Gasteiger partial charge in [-0.1, -0.05) is 52.8 Å². The van der Waals surface area contributed by atoms with E-state index in [4.69, 9.17) is 9.47 Å². The van der Waals surface area contributed by atoms with Crippen molar-refractivity contribution < 1.29 is 13.9 Å². The molecule has 0 radical (unpaired) electrons. The van der Waals surface area contributed by atoms with Gasteiger partial charge in [0.1, 0.15) is 11.6 Å². The first-order valence-corrected chi connectivity index (χ1v) is 9.17. The monoisotopic (exact) mass is 348 g/mol. The van der Waals surface area contributed by atoms with Crippen LogP contribution in [0.15, 0.2) is 36.4 Å². The summed E-state index contributed by atoms with van der Waals surface area (Å²) in [6.45, 7) is 8.47. The van der Waals surface area contributed by atoms with Crippen LogP contribution in [0.1, 0.15) is 37.0 Å². The van der Waals surface area contributed by atoms with E-state index in [1.807, 2.05) is 38.1 Å². The molecule has 2 rings (SSSR count). The molecular weight excluding hydrogens is 322 g/mol. The van der Waals surface area contributed by atoms with Crippen LogP contribution in [-0.2, 0) is 9.89 Å². The number of methoxy groups -OCH3 is 1. The molecule has 0 aliphatic carbocycles. The molecule has 2 aromatic carbocycles. The van der Waals surface area contributed by atoms with Gasteiger partial charge in [0.25, 0.3) is 0 Å². The van der Waals surface area contributed by atoms with Crippen LogP contribution < -0.4 is 10.0 Å². The van der Waals surface area contributed by atoms with Crippen molar-refractivity contribution in [2.75, 3.05) is 13.9 Å². The van der Waals surface area contributed by atoms with Gasteiger partial charge in [0, 0.05) is 23.1 Å². The number of benzene rings is 2. The Hall–Kier alpha value is -1.44. The Morgan fingerprint density at radius 3 is 2.54 bits per heavy atom. The highest BCUT2D eigenvalue weighted by Gasteiger charge is 2.30.